The van der Waals surface area contributed by atoms with E-state index in [1.165, 1.54) is 22.7 Å². The highest BCUT2D eigenvalue weighted by Gasteiger charge is 2.22. The highest BCUT2D eigenvalue weighted by atomic mass is 32.1. The summed E-state index contributed by atoms with van der Waals surface area (Å²) in [5, 5.41) is 27.9. The van der Waals surface area contributed by atoms with Crippen molar-refractivity contribution in [3.05, 3.63) is 92.8 Å². The van der Waals surface area contributed by atoms with Gasteiger partial charge in [0.2, 0.25) is 0 Å². The molecule has 228 valence electrons. The summed E-state index contributed by atoms with van der Waals surface area (Å²) in [6.45, 7) is 3.79. The van der Waals surface area contributed by atoms with E-state index in [1.54, 1.807) is 42.2 Å². The number of aromatic hydroxyl groups is 2. The van der Waals surface area contributed by atoms with Crippen LogP contribution in [0.4, 0.5) is 9.59 Å². The number of rotatable bonds is 15. The maximum absolute atomic E-state index is 12.8. The van der Waals surface area contributed by atoms with E-state index in [0.29, 0.717) is 37.5 Å². The molecule has 2 amide bonds. The molecule has 0 fully saturated rings. The monoisotopic (exact) mass is 625 g/mol. The van der Waals surface area contributed by atoms with Crippen LogP contribution in [0.5, 0.6) is 11.5 Å². The van der Waals surface area contributed by atoms with Gasteiger partial charge in [-0.25, -0.2) is 14.6 Å². The second-order valence-electron chi connectivity index (χ2n) is 9.82. The van der Waals surface area contributed by atoms with Gasteiger partial charge in [-0.15, -0.1) is 22.7 Å². The molecule has 11 nitrogen and oxygen atoms in total. The van der Waals surface area contributed by atoms with E-state index in [-0.39, 0.29) is 36.8 Å². The fourth-order valence-corrected chi connectivity index (χ4v) is 5.46. The molecule has 2 heterocycles. The highest BCUT2D eigenvalue weighted by Crippen LogP contribution is 2.15. The van der Waals surface area contributed by atoms with Crippen LogP contribution in [-0.4, -0.2) is 69.0 Å². The number of nitrogens with one attached hydrogen (secondary N) is 2. The standard InChI is InChI=1S/C30H35N5O6S2/c1-2-35(16-23(13-21-3-7-25(36)8-4-21)33-29(38)40-18-27-15-31-20-43-27)17-24(14-22-5-9-26(37)10-6-22)34-30(39)41-19-28-32-11-12-42-28/h3-12,15,20,23-24,36-37H,2,13-14,16-19H2,1H3,(H,33,38)(H,34,39). The zero-order valence-corrected chi connectivity index (χ0v) is 25.4. The SMILES string of the molecule is CCN(CC(Cc1ccc(O)cc1)NC(=O)OCc1cncs1)CC(Cc1ccc(O)cc1)NC(=O)OCc1nccs1. The maximum atomic E-state index is 12.8. The van der Waals surface area contributed by atoms with Crippen LogP contribution in [0.3, 0.4) is 0 Å². The number of carbonyl (C=O) groups is 2. The van der Waals surface area contributed by atoms with Crippen molar-refractivity contribution in [2.75, 3.05) is 19.6 Å². The number of phenolic OH excluding ortho intramolecular Hbond substituents is 2. The summed E-state index contributed by atoms with van der Waals surface area (Å²) in [6, 6.07) is 13.0. The third-order valence-corrected chi connectivity index (χ3v) is 8.03. The molecule has 13 heteroatoms. The number of amides is 2. The number of ether oxygens (including phenoxy) is 2. The second-order valence-corrected chi connectivity index (χ2v) is 11.8. The van der Waals surface area contributed by atoms with Gasteiger partial charge in [-0.05, 0) is 54.8 Å². The van der Waals surface area contributed by atoms with E-state index in [1.807, 2.05) is 36.6 Å². The Kier molecular flexibility index (Phi) is 12.1. The lowest BCUT2D eigenvalue weighted by Crippen LogP contribution is -2.50. The van der Waals surface area contributed by atoms with Crippen molar-refractivity contribution in [1.29, 1.82) is 0 Å². The van der Waals surface area contributed by atoms with Gasteiger partial charge in [0.05, 0.1) is 10.4 Å². The largest absolute Gasteiger partial charge is 0.508 e. The fourth-order valence-electron chi connectivity index (χ4n) is 4.43. The molecule has 0 aliphatic rings. The van der Waals surface area contributed by atoms with Crippen molar-refractivity contribution in [2.24, 2.45) is 0 Å². The van der Waals surface area contributed by atoms with Crippen molar-refractivity contribution in [2.45, 2.75) is 45.1 Å². The lowest BCUT2D eigenvalue weighted by molar-refractivity contribution is 0.127. The highest BCUT2D eigenvalue weighted by molar-refractivity contribution is 7.09. The van der Waals surface area contributed by atoms with Gasteiger partial charge in [0, 0.05) is 42.9 Å². The van der Waals surface area contributed by atoms with Gasteiger partial charge in [-0.3, -0.25) is 9.88 Å². The Balaban J connectivity index is 1.43. The summed E-state index contributed by atoms with van der Waals surface area (Å²) in [6.07, 6.45) is 3.21. The predicted octanol–water partition coefficient (Wildman–Crippen LogP) is 4.71. The van der Waals surface area contributed by atoms with Gasteiger partial charge in [0.15, 0.2) is 0 Å². The first-order valence-corrected chi connectivity index (χ1v) is 15.5. The fraction of sp³-hybridized carbons (Fsp3) is 0.333. The Morgan fingerprint density at radius 3 is 1.88 bits per heavy atom. The van der Waals surface area contributed by atoms with Crippen LogP contribution in [0.15, 0.2) is 71.8 Å². The summed E-state index contributed by atoms with van der Waals surface area (Å²) in [4.78, 5) is 36.7. The number of hydrogen-bond acceptors (Lipinski definition) is 11. The Morgan fingerprint density at radius 1 is 0.860 bits per heavy atom. The number of alkyl carbamates (subject to hydrolysis) is 2. The average Bonchev–Trinajstić information content (AvgIpc) is 3.72. The summed E-state index contributed by atoms with van der Waals surface area (Å²) in [5.41, 5.74) is 3.55. The Morgan fingerprint density at radius 2 is 1.42 bits per heavy atom. The molecule has 4 N–H and O–H groups in total. The minimum atomic E-state index is -0.555. The van der Waals surface area contributed by atoms with Gasteiger partial charge < -0.3 is 30.3 Å². The molecule has 0 aliphatic heterocycles. The molecule has 0 radical (unpaired) electrons. The van der Waals surface area contributed by atoms with Crippen LogP contribution in [0.1, 0.15) is 27.9 Å². The normalized spacial score (nSPS) is 12.4. The lowest BCUT2D eigenvalue weighted by atomic mass is 10.0. The Hall–Kier alpha value is -4.20. The number of likely N-dealkylation sites (N-methyl/N-ethyl adjacent to an activating group) is 1. The summed E-state index contributed by atoms with van der Waals surface area (Å²) in [7, 11) is 0. The number of phenols is 2. The molecule has 0 aliphatic carbocycles. The number of nitrogens with zero attached hydrogens (tertiary/aromatic N) is 3. The van der Waals surface area contributed by atoms with E-state index in [4.69, 9.17) is 9.47 Å². The van der Waals surface area contributed by atoms with E-state index in [2.05, 4.69) is 25.5 Å². The maximum Gasteiger partial charge on any atom is 0.407 e. The number of hydrogen-bond donors (Lipinski definition) is 4. The molecule has 2 aromatic carbocycles. The zero-order chi connectivity index (χ0) is 30.4. The Bertz CT molecular complexity index is 1280. The van der Waals surface area contributed by atoms with Crippen molar-refractivity contribution in [3.8, 4) is 11.5 Å². The van der Waals surface area contributed by atoms with Crippen LogP contribution in [-0.2, 0) is 35.5 Å². The van der Waals surface area contributed by atoms with E-state index in [0.717, 1.165) is 16.0 Å². The molecule has 0 bridgehead atoms. The Labute approximate surface area is 258 Å². The van der Waals surface area contributed by atoms with Gasteiger partial charge >= 0.3 is 12.2 Å². The first-order valence-electron chi connectivity index (χ1n) is 13.8. The quantitative estimate of drug-likeness (QED) is 0.148. The van der Waals surface area contributed by atoms with Crippen molar-refractivity contribution in [3.63, 3.8) is 0 Å². The molecule has 43 heavy (non-hydrogen) atoms. The van der Waals surface area contributed by atoms with Crippen LogP contribution in [0, 0.1) is 0 Å². The number of thiazole rings is 2. The molecule has 2 aromatic heterocycles. The van der Waals surface area contributed by atoms with E-state index in [9.17, 15) is 19.8 Å². The second kappa shape index (κ2) is 16.4. The molecule has 0 saturated heterocycles. The van der Waals surface area contributed by atoms with Crippen LogP contribution < -0.4 is 10.6 Å². The lowest BCUT2D eigenvalue weighted by Gasteiger charge is -2.30. The number of aromatic nitrogens is 2. The topological polar surface area (TPSA) is 146 Å². The minimum absolute atomic E-state index is 0.0786. The molecule has 2 atom stereocenters. The van der Waals surface area contributed by atoms with Crippen LogP contribution in [0.25, 0.3) is 0 Å². The predicted molar refractivity (Wildman–Crippen MR) is 164 cm³/mol. The van der Waals surface area contributed by atoms with E-state index < -0.39 is 12.2 Å². The summed E-state index contributed by atoms with van der Waals surface area (Å²) >= 11 is 2.82. The molecular weight excluding hydrogens is 590 g/mol. The van der Waals surface area contributed by atoms with Gasteiger partial charge in [-0.1, -0.05) is 31.2 Å². The molecule has 0 saturated carbocycles. The first kappa shape index (κ1) is 31.7. The summed E-state index contributed by atoms with van der Waals surface area (Å²) < 4.78 is 10.8. The first-order chi connectivity index (χ1) is 20.9. The van der Waals surface area contributed by atoms with Gasteiger partial charge in [0.25, 0.3) is 0 Å². The number of carbonyl (C=O) groups excluding carboxylic acids is 2. The van der Waals surface area contributed by atoms with Crippen LogP contribution in [0.2, 0.25) is 0 Å². The third kappa shape index (κ3) is 11.2. The molecule has 4 rings (SSSR count). The minimum Gasteiger partial charge on any atom is -0.508 e. The molecule has 4 aromatic rings. The van der Waals surface area contributed by atoms with Gasteiger partial charge in [0.1, 0.15) is 29.7 Å². The smallest absolute Gasteiger partial charge is 0.407 e. The van der Waals surface area contributed by atoms with Crippen LogP contribution >= 0.6 is 22.7 Å². The van der Waals surface area contributed by atoms with Crippen molar-refractivity contribution in [1.82, 2.24) is 25.5 Å². The molecule has 2 unspecified atom stereocenters. The van der Waals surface area contributed by atoms with Crippen molar-refractivity contribution < 1.29 is 29.3 Å². The van der Waals surface area contributed by atoms with Crippen molar-refractivity contribution >= 4 is 34.9 Å². The average molecular weight is 626 g/mol. The number of benzene rings is 2. The molecule has 0 spiro atoms. The van der Waals surface area contributed by atoms with E-state index >= 15 is 0 Å². The molecular formula is C30H35N5O6S2. The zero-order valence-electron chi connectivity index (χ0n) is 23.7. The van der Waals surface area contributed by atoms with Gasteiger partial charge in [-0.2, -0.15) is 0 Å². The third-order valence-electron chi connectivity index (χ3n) is 6.52. The summed E-state index contributed by atoms with van der Waals surface area (Å²) in [5.74, 6) is 0.328.